The Morgan fingerprint density at radius 3 is 2.65 bits per heavy atom. The van der Waals surface area contributed by atoms with Gasteiger partial charge in [0.1, 0.15) is 11.6 Å². The molecule has 20 heavy (non-hydrogen) atoms. The molecule has 1 aromatic heterocycles. The number of halogens is 2. The first-order valence-corrected chi connectivity index (χ1v) is 6.65. The van der Waals surface area contributed by atoms with E-state index in [1.54, 1.807) is 13.1 Å². The minimum atomic E-state index is -0.377. The van der Waals surface area contributed by atoms with Crippen molar-refractivity contribution in [2.45, 2.75) is 33.4 Å². The van der Waals surface area contributed by atoms with Crippen molar-refractivity contribution in [1.29, 1.82) is 0 Å². The SMILES string of the molecule is Cc1cnn(CCNC(C)c2cc(F)c(C)cc2F)c1. The van der Waals surface area contributed by atoms with Gasteiger partial charge in [-0.3, -0.25) is 4.68 Å². The molecule has 0 amide bonds. The lowest BCUT2D eigenvalue weighted by atomic mass is 10.1. The molecule has 1 unspecified atom stereocenters. The summed E-state index contributed by atoms with van der Waals surface area (Å²) < 4.78 is 29.1. The minimum Gasteiger partial charge on any atom is -0.308 e. The Labute approximate surface area is 117 Å². The maximum atomic E-state index is 13.8. The predicted molar refractivity (Wildman–Crippen MR) is 74.5 cm³/mol. The fourth-order valence-corrected chi connectivity index (χ4v) is 2.09. The number of hydrogen-bond donors (Lipinski definition) is 1. The standard InChI is InChI=1S/C15H19F2N3/c1-10-8-19-20(9-10)5-4-18-12(3)13-7-14(16)11(2)6-15(13)17/h6-9,12,18H,4-5H2,1-3H3. The van der Waals surface area contributed by atoms with Crippen LogP contribution in [0, 0.1) is 25.5 Å². The molecule has 0 fully saturated rings. The molecule has 0 spiro atoms. The summed E-state index contributed by atoms with van der Waals surface area (Å²) >= 11 is 0. The van der Waals surface area contributed by atoms with Crippen molar-refractivity contribution in [3.63, 3.8) is 0 Å². The highest BCUT2D eigenvalue weighted by Gasteiger charge is 2.13. The second-order valence-corrected chi connectivity index (χ2v) is 5.08. The highest BCUT2D eigenvalue weighted by molar-refractivity contribution is 5.27. The van der Waals surface area contributed by atoms with Crippen LogP contribution in [-0.2, 0) is 6.54 Å². The number of hydrogen-bond acceptors (Lipinski definition) is 2. The van der Waals surface area contributed by atoms with Gasteiger partial charge in [-0.1, -0.05) is 0 Å². The van der Waals surface area contributed by atoms with Gasteiger partial charge >= 0.3 is 0 Å². The Morgan fingerprint density at radius 2 is 2.00 bits per heavy atom. The summed E-state index contributed by atoms with van der Waals surface area (Å²) in [7, 11) is 0. The van der Waals surface area contributed by atoms with E-state index in [-0.39, 0.29) is 17.7 Å². The van der Waals surface area contributed by atoms with Gasteiger partial charge in [-0.15, -0.1) is 0 Å². The zero-order valence-electron chi connectivity index (χ0n) is 12.0. The Hall–Kier alpha value is -1.75. The summed E-state index contributed by atoms with van der Waals surface area (Å²) in [6.45, 7) is 6.68. The van der Waals surface area contributed by atoms with Crippen molar-refractivity contribution in [2.24, 2.45) is 0 Å². The van der Waals surface area contributed by atoms with Gasteiger partial charge in [0.2, 0.25) is 0 Å². The molecule has 2 aromatic rings. The number of benzene rings is 1. The molecule has 1 aromatic carbocycles. The van der Waals surface area contributed by atoms with E-state index in [0.717, 1.165) is 5.56 Å². The molecule has 2 rings (SSSR count). The third-order valence-corrected chi connectivity index (χ3v) is 3.30. The monoisotopic (exact) mass is 279 g/mol. The molecule has 0 saturated carbocycles. The van der Waals surface area contributed by atoms with Crippen molar-refractivity contribution in [3.8, 4) is 0 Å². The molecule has 0 saturated heterocycles. The van der Waals surface area contributed by atoms with E-state index in [2.05, 4.69) is 10.4 Å². The van der Waals surface area contributed by atoms with Crippen LogP contribution in [0.4, 0.5) is 8.78 Å². The quantitative estimate of drug-likeness (QED) is 0.911. The Balaban J connectivity index is 1.95. The zero-order chi connectivity index (χ0) is 14.7. The van der Waals surface area contributed by atoms with Gasteiger partial charge in [-0.2, -0.15) is 5.10 Å². The van der Waals surface area contributed by atoms with Crippen LogP contribution < -0.4 is 5.32 Å². The van der Waals surface area contributed by atoms with E-state index in [0.29, 0.717) is 24.2 Å². The molecule has 1 atom stereocenters. The Kier molecular flexibility index (Phi) is 4.49. The second-order valence-electron chi connectivity index (χ2n) is 5.08. The molecule has 0 bridgehead atoms. The van der Waals surface area contributed by atoms with Crippen LogP contribution in [0.1, 0.15) is 29.7 Å². The van der Waals surface area contributed by atoms with Gasteiger partial charge in [0.25, 0.3) is 0 Å². The van der Waals surface area contributed by atoms with Crippen molar-refractivity contribution >= 4 is 0 Å². The zero-order valence-corrected chi connectivity index (χ0v) is 12.0. The van der Waals surface area contributed by atoms with E-state index in [9.17, 15) is 8.78 Å². The molecule has 108 valence electrons. The van der Waals surface area contributed by atoms with Crippen molar-refractivity contribution in [1.82, 2.24) is 15.1 Å². The first kappa shape index (κ1) is 14.7. The normalized spacial score (nSPS) is 12.7. The van der Waals surface area contributed by atoms with Gasteiger partial charge < -0.3 is 5.32 Å². The number of rotatable bonds is 5. The molecule has 3 nitrogen and oxygen atoms in total. The van der Waals surface area contributed by atoms with E-state index < -0.39 is 0 Å². The fraction of sp³-hybridized carbons (Fsp3) is 0.400. The van der Waals surface area contributed by atoms with Gasteiger partial charge in [-0.25, -0.2) is 8.78 Å². The van der Waals surface area contributed by atoms with E-state index in [4.69, 9.17) is 0 Å². The summed E-state index contributed by atoms with van der Waals surface area (Å²) in [6, 6.07) is 2.25. The molecule has 0 radical (unpaired) electrons. The first-order chi connectivity index (χ1) is 9.47. The Morgan fingerprint density at radius 1 is 1.25 bits per heavy atom. The van der Waals surface area contributed by atoms with E-state index >= 15 is 0 Å². The lowest BCUT2D eigenvalue weighted by molar-refractivity contribution is 0.484. The molecular weight excluding hydrogens is 260 g/mol. The van der Waals surface area contributed by atoms with E-state index in [1.807, 2.05) is 24.7 Å². The van der Waals surface area contributed by atoms with Crippen LogP contribution in [0.5, 0.6) is 0 Å². The summed E-state index contributed by atoms with van der Waals surface area (Å²) in [4.78, 5) is 0. The molecule has 0 aliphatic rings. The van der Waals surface area contributed by atoms with E-state index in [1.165, 1.54) is 12.1 Å². The summed E-state index contributed by atoms with van der Waals surface area (Å²) in [5.74, 6) is -0.753. The molecule has 5 heteroatoms. The van der Waals surface area contributed by atoms with Gasteiger partial charge in [0.15, 0.2) is 0 Å². The summed E-state index contributed by atoms with van der Waals surface area (Å²) in [6.07, 6.45) is 3.73. The number of nitrogens with zero attached hydrogens (tertiary/aromatic N) is 2. The number of nitrogens with one attached hydrogen (secondary N) is 1. The lowest BCUT2D eigenvalue weighted by Crippen LogP contribution is -2.24. The maximum Gasteiger partial charge on any atom is 0.128 e. The average Bonchev–Trinajstić information content (AvgIpc) is 2.79. The van der Waals surface area contributed by atoms with Gasteiger partial charge in [0.05, 0.1) is 12.7 Å². The highest BCUT2D eigenvalue weighted by Crippen LogP contribution is 2.20. The average molecular weight is 279 g/mol. The number of aryl methyl sites for hydroxylation is 2. The second kappa shape index (κ2) is 6.13. The third-order valence-electron chi connectivity index (χ3n) is 3.30. The highest BCUT2D eigenvalue weighted by atomic mass is 19.1. The van der Waals surface area contributed by atoms with Crippen LogP contribution >= 0.6 is 0 Å². The minimum absolute atomic E-state index is 0.248. The summed E-state index contributed by atoms with van der Waals surface area (Å²) in [5.41, 5.74) is 1.78. The maximum absolute atomic E-state index is 13.8. The van der Waals surface area contributed by atoms with Crippen molar-refractivity contribution in [3.05, 3.63) is 52.9 Å². The first-order valence-electron chi connectivity index (χ1n) is 6.65. The van der Waals surface area contributed by atoms with Crippen LogP contribution in [0.2, 0.25) is 0 Å². The van der Waals surface area contributed by atoms with Crippen LogP contribution in [0.3, 0.4) is 0 Å². The van der Waals surface area contributed by atoms with Gasteiger partial charge in [-0.05, 0) is 44.0 Å². The third kappa shape index (κ3) is 3.42. The van der Waals surface area contributed by atoms with Crippen LogP contribution in [-0.4, -0.2) is 16.3 Å². The van der Waals surface area contributed by atoms with Crippen molar-refractivity contribution < 1.29 is 8.78 Å². The van der Waals surface area contributed by atoms with Crippen molar-refractivity contribution in [2.75, 3.05) is 6.54 Å². The molecule has 1 heterocycles. The van der Waals surface area contributed by atoms with Crippen LogP contribution in [0.25, 0.3) is 0 Å². The smallest absolute Gasteiger partial charge is 0.128 e. The molecule has 1 N–H and O–H groups in total. The lowest BCUT2D eigenvalue weighted by Gasteiger charge is -2.16. The largest absolute Gasteiger partial charge is 0.308 e. The Bertz CT molecular complexity index is 593. The van der Waals surface area contributed by atoms with Gasteiger partial charge in [0, 0.05) is 24.3 Å². The molecule has 0 aliphatic heterocycles. The number of aromatic nitrogens is 2. The fourth-order valence-electron chi connectivity index (χ4n) is 2.09. The predicted octanol–water partition coefficient (Wildman–Crippen LogP) is 3.13. The molecule has 0 aliphatic carbocycles. The molecular formula is C15H19F2N3. The summed E-state index contributed by atoms with van der Waals surface area (Å²) in [5, 5.41) is 7.35. The topological polar surface area (TPSA) is 29.9 Å². The van der Waals surface area contributed by atoms with Crippen LogP contribution in [0.15, 0.2) is 24.5 Å².